The molecule has 0 fully saturated rings. The van der Waals surface area contributed by atoms with Crippen molar-refractivity contribution in [3.63, 3.8) is 0 Å². The van der Waals surface area contributed by atoms with E-state index in [9.17, 15) is 13.2 Å². The lowest BCUT2D eigenvalue weighted by atomic mass is 10.2. The van der Waals surface area contributed by atoms with Gasteiger partial charge in [-0.25, -0.2) is 9.97 Å². The average molecular weight is 290 g/mol. The molecule has 0 atom stereocenters. The number of nitrogens with zero attached hydrogens (tertiary/aromatic N) is 2. The summed E-state index contributed by atoms with van der Waals surface area (Å²) in [6.07, 6.45) is -3.00. The lowest BCUT2D eigenvalue weighted by Crippen LogP contribution is -2.05. The van der Waals surface area contributed by atoms with Gasteiger partial charge in [-0.15, -0.1) is 12.4 Å². The molecular weight excluding hydrogens is 279 g/mol. The highest BCUT2D eigenvalue weighted by molar-refractivity contribution is 5.85. The second kappa shape index (κ2) is 5.88. The molecule has 0 unspecified atom stereocenters. The Bertz CT molecular complexity index is 558. The number of aryl methyl sites for hydroxylation is 1. The molecule has 1 aromatic heterocycles. The normalized spacial score (nSPS) is 10.7. The molecule has 19 heavy (non-hydrogen) atoms. The lowest BCUT2D eigenvalue weighted by Gasteiger charge is -2.10. The maximum atomic E-state index is 12.5. The fourth-order valence-corrected chi connectivity index (χ4v) is 1.44. The standard InChI is InChI=1S/C12H10F3N3.ClH/c1-8-5-11(17-7-16-8)18-10-4-2-3-9(6-10)12(13,14)15;/h2-7H,1H3,(H,16,17,18);1H. The molecule has 1 aromatic carbocycles. The number of alkyl halides is 3. The molecule has 0 aliphatic carbocycles. The van der Waals surface area contributed by atoms with Crippen molar-refractivity contribution in [2.24, 2.45) is 0 Å². The van der Waals surface area contributed by atoms with Gasteiger partial charge in [0.15, 0.2) is 0 Å². The zero-order valence-corrected chi connectivity index (χ0v) is 10.7. The average Bonchev–Trinajstić information content (AvgIpc) is 2.28. The predicted octanol–water partition coefficient (Wildman–Crippen LogP) is 3.97. The first-order valence-electron chi connectivity index (χ1n) is 5.18. The first kappa shape index (κ1) is 15.2. The summed E-state index contributed by atoms with van der Waals surface area (Å²) in [5, 5.41) is 2.81. The van der Waals surface area contributed by atoms with Crippen LogP contribution in [0.3, 0.4) is 0 Å². The van der Waals surface area contributed by atoms with Crippen molar-refractivity contribution >= 4 is 23.9 Å². The number of anilines is 2. The van der Waals surface area contributed by atoms with Crippen LogP contribution in [0.15, 0.2) is 36.7 Å². The van der Waals surface area contributed by atoms with Crippen LogP contribution >= 0.6 is 12.4 Å². The summed E-state index contributed by atoms with van der Waals surface area (Å²) in [6.45, 7) is 1.78. The fourth-order valence-electron chi connectivity index (χ4n) is 1.44. The zero-order valence-electron chi connectivity index (χ0n) is 9.90. The molecule has 3 nitrogen and oxygen atoms in total. The smallest absolute Gasteiger partial charge is 0.340 e. The van der Waals surface area contributed by atoms with E-state index in [1.54, 1.807) is 19.1 Å². The number of benzene rings is 1. The van der Waals surface area contributed by atoms with Gasteiger partial charge < -0.3 is 5.32 Å². The molecule has 102 valence electrons. The van der Waals surface area contributed by atoms with Crippen molar-refractivity contribution < 1.29 is 13.2 Å². The van der Waals surface area contributed by atoms with Crippen molar-refractivity contribution in [3.05, 3.63) is 47.9 Å². The Labute approximate surface area is 114 Å². The quantitative estimate of drug-likeness (QED) is 0.909. The molecule has 0 saturated carbocycles. The van der Waals surface area contributed by atoms with E-state index >= 15 is 0 Å². The van der Waals surface area contributed by atoms with E-state index < -0.39 is 11.7 Å². The van der Waals surface area contributed by atoms with Crippen LogP contribution in [0.25, 0.3) is 0 Å². The van der Waals surface area contributed by atoms with Gasteiger partial charge in [0, 0.05) is 17.4 Å². The molecule has 0 amide bonds. The lowest BCUT2D eigenvalue weighted by molar-refractivity contribution is -0.137. The highest BCUT2D eigenvalue weighted by Crippen LogP contribution is 2.31. The van der Waals surface area contributed by atoms with Crippen molar-refractivity contribution in [1.29, 1.82) is 0 Å². The Kier molecular flexibility index (Phi) is 4.72. The van der Waals surface area contributed by atoms with Gasteiger partial charge in [-0.3, -0.25) is 0 Å². The van der Waals surface area contributed by atoms with Crippen LogP contribution in [-0.4, -0.2) is 9.97 Å². The maximum Gasteiger partial charge on any atom is 0.416 e. The minimum Gasteiger partial charge on any atom is -0.340 e. The summed E-state index contributed by atoms with van der Waals surface area (Å²) in [4.78, 5) is 7.83. The molecule has 1 heterocycles. The molecular formula is C12H11ClF3N3. The SMILES string of the molecule is Cc1cc(Nc2cccc(C(F)(F)F)c2)ncn1.Cl. The van der Waals surface area contributed by atoms with Crippen LogP contribution in [0.4, 0.5) is 24.7 Å². The van der Waals surface area contributed by atoms with Crippen molar-refractivity contribution in [2.45, 2.75) is 13.1 Å². The van der Waals surface area contributed by atoms with Crippen LogP contribution in [0.1, 0.15) is 11.3 Å². The summed E-state index contributed by atoms with van der Waals surface area (Å²) in [5.41, 5.74) is 0.376. The van der Waals surface area contributed by atoms with Gasteiger partial charge in [0.1, 0.15) is 12.1 Å². The van der Waals surface area contributed by atoms with Gasteiger partial charge in [0.2, 0.25) is 0 Å². The van der Waals surface area contributed by atoms with E-state index in [-0.39, 0.29) is 12.4 Å². The second-order valence-electron chi connectivity index (χ2n) is 3.75. The van der Waals surface area contributed by atoms with Gasteiger partial charge in [-0.2, -0.15) is 13.2 Å². The first-order chi connectivity index (χ1) is 8.45. The monoisotopic (exact) mass is 289 g/mol. The van der Waals surface area contributed by atoms with Crippen molar-refractivity contribution in [1.82, 2.24) is 9.97 Å². The topological polar surface area (TPSA) is 37.8 Å². The van der Waals surface area contributed by atoms with Gasteiger partial charge in [0.05, 0.1) is 5.56 Å². The molecule has 1 N–H and O–H groups in total. The molecule has 0 aliphatic heterocycles. The fraction of sp³-hybridized carbons (Fsp3) is 0.167. The van der Waals surface area contributed by atoms with Gasteiger partial charge in [0.25, 0.3) is 0 Å². The molecule has 0 aliphatic rings. The minimum atomic E-state index is -4.35. The molecule has 0 bridgehead atoms. The summed E-state index contributed by atoms with van der Waals surface area (Å²) < 4.78 is 37.6. The number of nitrogens with one attached hydrogen (secondary N) is 1. The Morgan fingerprint density at radius 3 is 2.47 bits per heavy atom. The van der Waals surface area contributed by atoms with E-state index in [4.69, 9.17) is 0 Å². The Morgan fingerprint density at radius 2 is 1.84 bits per heavy atom. The zero-order chi connectivity index (χ0) is 13.2. The van der Waals surface area contributed by atoms with E-state index in [1.807, 2.05) is 0 Å². The van der Waals surface area contributed by atoms with E-state index in [0.29, 0.717) is 11.5 Å². The molecule has 0 saturated heterocycles. The Balaban J connectivity index is 0.00000180. The summed E-state index contributed by atoms with van der Waals surface area (Å²) in [5.74, 6) is 0.460. The first-order valence-corrected chi connectivity index (χ1v) is 5.18. The second-order valence-corrected chi connectivity index (χ2v) is 3.75. The van der Waals surface area contributed by atoms with Gasteiger partial charge in [-0.05, 0) is 25.1 Å². The summed E-state index contributed by atoms with van der Waals surface area (Å²) >= 11 is 0. The maximum absolute atomic E-state index is 12.5. The highest BCUT2D eigenvalue weighted by atomic mass is 35.5. The van der Waals surface area contributed by atoms with Crippen molar-refractivity contribution in [3.8, 4) is 0 Å². The van der Waals surface area contributed by atoms with Crippen molar-refractivity contribution in [2.75, 3.05) is 5.32 Å². The van der Waals surface area contributed by atoms with E-state index in [0.717, 1.165) is 17.8 Å². The number of hydrogen-bond acceptors (Lipinski definition) is 3. The van der Waals surface area contributed by atoms with Crippen LogP contribution in [-0.2, 0) is 6.18 Å². The third-order valence-electron chi connectivity index (χ3n) is 2.27. The molecule has 2 aromatic rings. The molecule has 0 radical (unpaired) electrons. The molecule has 7 heteroatoms. The number of rotatable bonds is 2. The largest absolute Gasteiger partial charge is 0.416 e. The third kappa shape index (κ3) is 4.10. The Hall–Kier alpha value is -1.82. The minimum absolute atomic E-state index is 0. The van der Waals surface area contributed by atoms with E-state index in [1.165, 1.54) is 12.4 Å². The van der Waals surface area contributed by atoms with Gasteiger partial charge >= 0.3 is 6.18 Å². The van der Waals surface area contributed by atoms with Crippen LogP contribution in [0.5, 0.6) is 0 Å². The highest BCUT2D eigenvalue weighted by Gasteiger charge is 2.30. The van der Waals surface area contributed by atoms with Crippen LogP contribution < -0.4 is 5.32 Å². The Morgan fingerprint density at radius 1 is 1.11 bits per heavy atom. The number of hydrogen-bond donors (Lipinski definition) is 1. The predicted molar refractivity (Wildman–Crippen MR) is 68.7 cm³/mol. The third-order valence-corrected chi connectivity index (χ3v) is 2.27. The molecule has 0 spiro atoms. The molecule has 2 rings (SSSR count). The number of aromatic nitrogens is 2. The summed E-state index contributed by atoms with van der Waals surface area (Å²) in [6, 6.07) is 6.61. The number of halogens is 4. The van der Waals surface area contributed by atoms with Gasteiger partial charge in [-0.1, -0.05) is 6.07 Å². The van der Waals surface area contributed by atoms with E-state index in [2.05, 4.69) is 15.3 Å². The van der Waals surface area contributed by atoms with Crippen LogP contribution in [0.2, 0.25) is 0 Å². The van der Waals surface area contributed by atoms with Crippen LogP contribution in [0, 0.1) is 6.92 Å². The summed E-state index contributed by atoms with van der Waals surface area (Å²) in [7, 11) is 0.